The molecule has 208 valence electrons. The standard InChI is InChI=1S/C27H35N7O5/c1-25(2,3)39-22(36)17-8-6-7-10-27(17,23(37)38)34-15-16(14-28-34)29-24-30-18-9-13-33(5)21(35)19(18)20(31-24)32-26(4)11-12-26/h9,13-15,17H,6-8,10-12H2,1-5H3,(H,37,38)(H2,29,30,31,32). The zero-order valence-electron chi connectivity index (χ0n) is 22.9. The SMILES string of the molecule is Cn1ccc2nc(Nc3cnn(C4(C(=O)O)CCCCC4C(=O)OC(C)(C)C)c3)nc(NC3(C)CC3)c2c1=O. The summed E-state index contributed by atoms with van der Waals surface area (Å²) in [5.74, 6) is -1.89. The van der Waals surface area contributed by atoms with Crippen LogP contribution in [0, 0.1) is 5.92 Å². The van der Waals surface area contributed by atoms with Gasteiger partial charge in [-0.3, -0.25) is 14.3 Å². The fourth-order valence-electron chi connectivity index (χ4n) is 5.19. The smallest absolute Gasteiger partial charge is 0.332 e. The summed E-state index contributed by atoms with van der Waals surface area (Å²) in [6.45, 7) is 7.36. The summed E-state index contributed by atoms with van der Waals surface area (Å²) >= 11 is 0. The van der Waals surface area contributed by atoms with Crippen molar-refractivity contribution in [2.75, 3.05) is 10.6 Å². The van der Waals surface area contributed by atoms with Gasteiger partial charge in [0.2, 0.25) is 5.95 Å². The first-order chi connectivity index (χ1) is 18.3. The van der Waals surface area contributed by atoms with Gasteiger partial charge in [-0.15, -0.1) is 0 Å². The van der Waals surface area contributed by atoms with Gasteiger partial charge in [0.25, 0.3) is 5.56 Å². The van der Waals surface area contributed by atoms with Crippen LogP contribution in [-0.2, 0) is 26.9 Å². The molecule has 3 heterocycles. The van der Waals surface area contributed by atoms with Crippen molar-refractivity contribution < 1.29 is 19.4 Å². The number of nitrogens with zero attached hydrogens (tertiary/aromatic N) is 5. The Morgan fingerprint density at radius 3 is 2.59 bits per heavy atom. The number of pyridine rings is 1. The molecule has 2 fully saturated rings. The first-order valence-corrected chi connectivity index (χ1v) is 13.3. The third-order valence-electron chi connectivity index (χ3n) is 7.53. The molecule has 39 heavy (non-hydrogen) atoms. The number of fused-ring (bicyclic) bond motifs is 1. The lowest BCUT2D eigenvalue weighted by molar-refractivity contribution is -0.175. The topological polar surface area (TPSA) is 153 Å². The van der Waals surface area contributed by atoms with E-state index < -0.39 is 29.0 Å². The van der Waals surface area contributed by atoms with Gasteiger partial charge in [0.05, 0.1) is 23.3 Å². The second-order valence-corrected chi connectivity index (χ2v) is 11.9. The minimum absolute atomic E-state index is 0.129. The highest BCUT2D eigenvalue weighted by Gasteiger charge is 2.54. The second-order valence-electron chi connectivity index (χ2n) is 11.9. The molecule has 0 bridgehead atoms. The van der Waals surface area contributed by atoms with E-state index >= 15 is 0 Å². The fourth-order valence-corrected chi connectivity index (χ4v) is 5.19. The number of carboxylic acids is 1. The minimum Gasteiger partial charge on any atom is -0.479 e. The Morgan fingerprint density at radius 2 is 1.92 bits per heavy atom. The van der Waals surface area contributed by atoms with Crippen molar-refractivity contribution in [1.29, 1.82) is 0 Å². The van der Waals surface area contributed by atoms with Crippen LogP contribution in [-0.4, -0.2) is 52.5 Å². The monoisotopic (exact) mass is 537 g/mol. The maximum Gasteiger partial charge on any atom is 0.332 e. The van der Waals surface area contributed by atoms with Gasteiger partial charge in [0, 0.05) is 25.0 Å². The Balaban J connectivity index is 1.50. The van der Waals surface area contributed by atoms with Crippen LogP contribution in [0.15, 0.2) is 29.5 Å². The molecule has 0 saturated heterocycles. The number of carbonyl (C=O) groups excluding carboxylic acids is 1. The quantitative estimate of drug-likeness (QED) is 0.381. The number of carbonyl (C=O) groups is 2. The molecule has 0 aromatic carbocycles. The van der Waals surface area contributed by atoms with E-state index in [1.54, 1.807) is 46.3 Å². The van der Waals surface area contributed by atoms with Crippen LogP contribution in [0.1, 0.15) is 66.2 Å². The van der Waals surface area contributed by atoms with Crippen molar-refractivity contribution in [2.45, 2.75) is 82.9 Å². The second kappa shape index (κ2) is 9.35. The summed E-state index contributed by atoms with van der Waals surface area (Å²) in [6, 6.07) is 1.75. The number of hydrogen-bond acceptors (Lipinski definition) is 9. The molecule has 2 atom stereocenters. The number of nitrogens with one attached hydrogen (secondary N) is 2. The molecule has 2 saturated carbocycles. The van der Waals surface area contributed by atoms with Crippen LogP contribution in [0.5, 0.6) is 0 Å². The predicted molar refractivity (Wildman–Crippen MR) is 145 cm³/mol. The highest BCUT2D eigenvalue weighted by Crippen LogP contribution is 2.42. The molecule has 3 N–H and O–H groups in total. The number of ether oxygens (including phenoxy) is 1. The average Bonchev–Trinajstić information content (AvgIpc) is 3.39. The lowest BCUT2D eigenvalue weighted by atomic mass is 9.72. The number of hydrogen-bond donors (Lipinski definition) is 3. The maximum atomic E-state index is 13.1. The largest absolute Gasteiger partial charge is 0.479 e. The summed E-state index contributed by atoms with van der Waals surface area (Å²) in [6.07, 6.45) is 8.64. The zero-order chi connectivity index (χ0) is 28.2. The van der Waals surface area contributed by atoms with Gasteiger partial charge < -0.3 is 25.0 Å². The number of aliphatic carboxylic acids is 1. The lowest BCUT2D eigenvalue weighted by Crippen LogP contribution is -2.54. The molecule has 0 radical (unpaired) electrons. The number of anilines is 3. The Kier molecular flexibility index (Phi) is 6.39. The Hall–Kier alpha value is -3.96. The van der Waals surface area contributed by atoms with Crippen LogP contribution < -0.4 is 16.2 Å². The van der Waals surface area contributed by atoms with E-state index in [1.807, 2.05) is 0 Å². The normalized spacial score (nSPS) is 22.3. The van der Waals surface area contributed by atoms with E-state index in [-0.39, 0.29) is 23.5 Å². The molecule has 5 rings (SSSR count). The third-order valence-corrected chi connectivity index (χ3v) is 7.53. The fraction of sp³-hybridized carbons (Fsp3) is 0.556. The highest BCUT2D eigenvalue weighted by atomic mass is 16.6. The summed E-state index contributed by atoms with van der Waals surface area (Å²) in [7, 11) is 1.68. The average molecular weight is 538 g/mol. The Labute approximate surface area is 225 Å². The van der Waals surface area contributed by atoms with Gasteiger partial charge in [-0.2, -0.15) is 10.1 Å². The summed E-state index contributed by atoms with van der Waals surface area (Å²) in [5, 5.41) is 21.7. The van der Waals surface area contributed by atoms with E-state index in [4.69, 9.17) is 4.74 Å². The molecule has 0 amide bonds. The molecular formula is C27H35N7O5. The number of esters is 1. The number of aryl methyl sites for hydroxylation is 1. The Morgan fingerprint density at radius 1 is 1.18 bits per heavy atom. The molecule has 12 nitrogen and oxygen atoms in total. The van der Waals surface area contributed by atoms with Crippen molar-refractivity contribution in [3.63, 3.8) is 0 Å². The third kappa shape index (κ3) is 5.07. The van der Waals surface area contributed by atoms with Gasteiger partial charge >= 0.3 is 11.9 Å². The molecule has 3 aromatic rings. The van der Waals surface area contributed by atoms with Gasteiger partial charge in [-0.05, 0) is 59.4 Å². The van der Waals surface area contributed by atoms with Gasteiger partial charge in [-0.1, -0.05) is 12.8 Å². The molecular weight excluding hydrogens is 502 g/mol. The van der Waals surface area contributed by atoms with Crippen molar-refractivity contribution in [2.24, 2.45) is 13.0 Å². The first-order valence-electron chi connectivity index (χ1n) is 13.3. The zero-order valence-corrected chi connectivity index (χ0v) is 22.9. The van der Waals surface area contributed by atoms with E-state index in [0.29, 0.717) is 35.2 Å². The maximum absolute atomic E-state index is 13.1. The predicted octanol–water partition coefficient (Wildman–Crippen LogP) is 3.54. The van der Waals surface area contributed by atoms with Gasteiger partial charge in [0.15, 0.2) is 5.54 Å². The van der Waals surface area contributed by atoms with E-state index in [2.05, 4.69) is 32.6 Å². The van der Waals surface area contributed by atoms with E-state index in [1.165, 1.54) is 15.4 Å². The minimum atomic E-state index is -1.58. The number of rotatable bonds is 7. The van der Waals surface area contributed by atoms with Crippen LogP contribution >= 0.6 is 0 Å². The molecule has 12 heteroatoms. The van der Waals surface area contributed by atoms with Gasteiger partial charge in [0.1, 0.15) is 16.8 Å². The molecule has 3 aromatic heterocycles. The number of carboxylic acid groups (broad SMARTS) is 1. The van der Waals surface area contributed by atoms with Crippen molar-refractivity contribution in [1.82, 2.24) is 24.3 Å². The molecule has 0 aliphatic heterocycles. The Bertz CT molecular complexity index is 1500. The van der Waals surface area contributed by atoms with Crippen LogP contribution in [0.25, 0.3) is 10.9 Å². The van der Waals surface area contributed by atoms with Crippen LogP contribution in [0.2, 0.25) is 0 Å². The van der Waals surface area contributed by atoms with Crippen LogP contribution in [0.3, 0.4) is 0 Å². The van der Waals surface area contributed by atoms with Crippen molar-refractivity contribution in [3.8, 4) is 0 Å². The first kappa shape index (κ1) is 26.6. The van der Waals surface area contributed by atoms with Crippen molar-refractivity contribution in [3.05, 3.63) is 35.0 Å². The van der Waals surface area contributed by atoms with Crippen molar-refractivity contribution >= 4 is 40.3 Å². The number of aromatic nitrogens is 5. The summed E-state index contributed by atoms with van der Waals surface area (Å²) in [4.78, 5) is 47.9. The lowest BCUT2D eigenvalue weighted by Gasteiger charge is -2.40. The molecule has 0 spiro atoms. The summed E-state index contributed by atoms with van der Waals surface area (Å²) < 4.78 is 8.45. The molecule has 2 aliphatic carbocycles. The van der Waals surface area contributed by atoms with Gasteiger partial charge in [-0.25, -0.2) is 9.78 Å². The molecule has 2 unspecified atom stereocenters. The molecule has 2 aliphatic rings. The highest BCUT2D eigenvalue weighted by molar-refractivity contribution is 5.90. The van der Waals surface area contributed by atoms with Crippen LogP contribution in [0.4, 0.5) is 17.5 Å². The van der Waals surface area contributed by atoms with E-state index in [0.717, 1.165) is 19.3 Å². The summed E-state index contributed by atoms with van der Waals surface area (Å²) in [5.41, 5.74) is -1.72. The van der Waals surface area contributed by atoms with E-state index in [9.17, 15) is 19.5 Å².